The van der Waals surface area contributed by atoms with Gasteiger partial charge in [0, 0.05) is 4.90 Å². The van der Waals surface area contributed by atoms with Crippen LogP contribution in [0, 0.1) is 0 Å². The highest BCUT2D eigenvalue weighted by Crippen LogP contribution is 2.27. The van der Waals surface area contributed by atoms with E-state index in [1.165, 1.54) is 11.1 Å². The minimum atomic E-state index is -3.68. The highest BCUT2D eigenvalue weighted by molar-refractivity contribution is 7.99. The summed E-state index contributed by atoms with van der Waals surface area (Å²) < 4.78 is 22.5. The molecular weight excluding hydrogens is 326 g/mol. The molecule has 5 nitrogen and oxygen atoms in total. The zero-order chi connectivity index (χ0) is 15.5. The van der Waals surface area contributed by atoms with E-state index in [4.69, 9.17) is 5.14 Å². The molecular formula is C13H17N3O2S3. The van der Waals surface area contributed by atoms with Crippen LogP contribution in [-0.2, 0) is 10.0 Å². The number of hydrogen-bond donors (Lipinski definition) is 2. The van der Waals surface area contributed by atoms with Gasteiger partial charge in [-0.15, -0.1) is 11.8 Å². The molecule has 0 saturated heterocycles. The molecule has 0 amide bonds. The van der Waals surface area contributed by atoms with Gasteiger partial charge in [-0.1, -0.05) is 30.4 Å². The third kappa shape index (κ3) is 4.44. The highest BCUT2D eigenvalue weighted by atomic mass is 32.2. The second kappa shape index (κ2) is 6.78. The smallest absolute Gasteiger partial charge is 0.249 e. The van der Waals surface area contributed by atoms with Gasteiger partial charge >= 0.3 is 0 Å². The molecule has 1 atom stereocenters. The van der Waals surface area contributed by atoms with Gasteiger partial charge in [-0.05, 0) is 30.4 Å². The fraction of sp³-hybridized carbons (Fsp3) is 0.308. The number of hydrogen-bond acceptors (Lipinski definition) is 6. The van der Waals surface area contributed by atoms with Crippen LogP contribution in [0.25, 0.3) is 0 Å². The van der Waals surface area contributed by atoms with Crippen LogP contribution in [0.1, 0.15) is 25.5 Å². The number of thioether (sulfide) groups is 1. The summed E-state index contributed by atoms with van der Waals surface area (Å²) in [6.45, 7) is 4.12. The Morgan fingerprint density at radius 2 is 2.05 bits per heavy atom. The van der Waals surface area contributed by atoms with E-state index in [0.29, 0.717) is 5.13 Å². The molecule has 1 heterocycles. The molecule has 0 aliphatic carbocycles. The maximum absolute atomic E-state index is 11.2. The van der Waals surface area contributed by atoms with Crippen LogP contribution in [0.2, 0.25) is 0 Å². The first-order valence-electron chi connectivity index (χ1n) is 6.38. The number of thiazole rings is 1. The topological polar surface area (TPSA) is 85.1 Å². The molecule has 3 N–H and O–H groups in total. The number of rotatable bonds is 6. The van der Waals surface area contributed by atoms with Gasteiger partial charge < -0.3 is 5.32 Å². The largest absolute Gasteiger partial charge is 0.355 e. The molecule has 1 aromatic heterocycles. The van der Waals surface area contributed by atoms with Crippen molar-refractivity contribution in [2.45, 2.75) is 29.0 Å². The third-order valence-corrected chi connectivity index (χ3v) is 6.03. The summed E-state index contributed by atoms with van der Waals surface area (Å²) in [5, 5.41) is 8.79. The minimum absolute atomic E-state index is 0.0326. The van der Waals surface area contributed by atoms with Crippen molar-refractivity contribution >= 4 is 38.3 Å². The average molecular weight is 343 g/mol. The lowest BCUT2D eigenvalue weighted by atomic mass is 10.1. The second-order valence-corrected chi connectivity index (χ2v) is 8.55. The zero-order valence-electron chi connectivity index (χ0n) is 11.7. The van der Waals surface area contributed by atoms with E-state index in [2.05, 4.69) is 41.5 Å². The van der Waals surface area contributed by atoms with Crippen LogP contribution in [0.15, 0.2) is 39.6 Å². The van der Waals surface area contributed by atoms with Crippen molar-refractivity contribution in [3.63, 3.8) is 0 Å². The molecule has 0 bridgehead atoms. The molecule has 1 unspecified atom stereocenters. The summed E-state index contributed by atoms with van der Waals surface area (Å²) in [5.41, 5.74) is 1.11. The number of sulfonamides is 1. The minimum Gasteiger partial charge on any atom is -0.355 e. The lowest BCUT2D eigenvalue weighted by Crippen LogP contribution is -2.10. The van der Waals surface area contributed by atoms with Crippen LogP contribution >= 0.6 is 23.1 Å². The van der Waals surface area contributed by atoms with Gasteiger partial charge in [-0.2, -0.15) is 0 Å². The standard InChI is InChI=1S/C13H17N3O2S3/c1-3-19-11-6-4-10(5-7-11)9(2)16-13-15-8-12(20-13)21(14,17)18/h4-9H,3H2,1-2H3,(H,15,16)(H2,14,17,18). The number of aromatic nitrogens is 1. The molecule has 0 saturated carbocycles. The van der Waals surface area contributed by atoms with Crippen molar-refractivity contribution in [1.82, 2.24) is 4.98 Å². The van der Waals surface area contributed by atoms with Gasteiger partial charge in [0.25, 0.3) is 0 Å². The summed E-state index contributed by atoms with van der Waals surface area (Å²) in [4.78, 5) is 5.27. The van der Waals surface area contributed by atoms with Crippen molar-refractivity contribution < 1.29 is 8.42 Å². The van der Waals surface area contributed by atoms with E-state index in [1.807, 2.05) is 6.92 Å². The van der Waals surface area contributed by atoms with Crippen LogP contribution in [0.4, 0.5) is 5.13 Å². The van der Waals surface area contributed by atoms with E-state index >= 15 is 0 Å². The molecule has 2 rings (SSSR count). The number of nitrogens with two attached hydrogens (primary N) is 1. The number of anilines is 1. The maximum Gasteiger partial charge on any atom is 0.249 e. The van der Waals surface area contributed by atoms with Crippen LogP contribution < -0.4 is 10.5 Å². The first-order valence-corrected chi connectivity index (χ1v) is 9.73. The third-order valence-electron chi connectivity index (χ3n) is 2.80. The fourth-order valence-corrected chi connectivity index (χ4v) is 3.95. The number of nitrogens with zero attached hydrogens (tertiary/aromatic N) is 1. The predicted molar refractivity (Wildman–Crippen MR) is 88.4 cm³/mol. The van der Waals surface area contributed by atoms with Gasteiger partial charge in [0.05, 0.1) is 12.2 Å². The van der Waals surface area contributed by atoms with Gasteiger partial charge in [0.15, 0.2) is 9.34 Å². The van der Waals surface area contributed by atoms with Crippen molar-refractivity contribution in [3.05, 3.63) is 36.0 Å². The number of nitrogens with one attached hydrogen (secondary N) is 1. The average Bonchev–Trinajstić information content (AvgIpc) is 2.88. The molecule has 0 aliphatic rings. The van der Waals surface area contributed by atoms with Gasteiger partial charge in [-0.25, -0.2) is 18.5 Å². The maximum atomic E-state index is 11.2. The monoisotopic (exact) mass is 343 g/mol. The molecule has 21 heavy (non-hydrogen) atoms. The number of benzene rings is 1. The lowest BCUT2D eigenvalue weighted by Gasteiger charge is -2.13. The van der Waals surface area contributed by atoms with Gasteiger partial charge in [0.1, 0.15) is 0 Å². The number of primary sulfonamides is 1. The van der Waals surface area contributed by atoms with Crippen molar-refractivity contribution in [1.29, 1.82) is 0 Å². The van der Waals surface area contributed by atoms with Gasteiger partial charge in [-0.3, -0.25) is 0 Å². The Labute approximate surface area is 133 Å². The van der Waals surface area contributed by atoms with E-state index in [1.54, 1.807) is 11.8 Å². The van der Waals surface area contributed by atoms with E-state index < -0.39 is 10.0 Å². The molecule has 0 aliphatic heterocycles. The Bertz CT molecular complexity index is 696. The van der Waals surface area contributed by atoms with Crippen LogP contribution in [0.3, 0.4) is 0 Å². The Hall–Kier alpha value is -1.09. The Morgan fingerprint density at radius 3 is 2.57 bits per heavy atom. The Balaban J connectivity index is 2.07. The summed E-state index contributed by atoms with van der Waals surface area (Å²) in [6, 6.07) is 8.32. The summed E-state index contributed by atoms with van der Waals surface area (Å²) in [6.07, 6.45) is 1.27. The van der Waals surface area contributed by atoms with E-state index in [-0.39, 0.29) is 10.3 Å². The summed E-state index contributed by atoms with van der Waals surface area (Å²) in [7, 11) is -3.68. The first-order chi connectivity index (χ1) is 9.90. The van der Waals surface area contributed by atoms with Crippen LogP contribution in [-0.4, -0.2) is 19.2 Å². The predicted octanol–water partition coefficient (Wildman–Crippen LogP) is 3.08. The fourth-order valence-electron chi connectivity index (χ4n) is 1.75. The molecule has 0 radical (unpaired) electrons. The zero-order valence-corrected chi connectivity index (χ0v) is 14.2. The summed E-state index contributed by atoms with van der Waals surface area (Å²) >= 11 is 2.83. The van der Waals surface area contributed by atoms with Crippen molar-refractivity contribution in [2.75, 3.05) is 11.1 Å². The molecule has 114 valence electrons. The Morgan fingerprint density at radius 1 is 1.38 bits per heavy atom. The van der Waals surface area contributed by atoms with Crippen molar-refractivity contribution in [2.24, 2.45) is 5.14 Å². The SMILES string of the molecule is CCSc1ccc(C(C)Nc2ncc(S(N)(=O)=O)s2)cc1. The summed E-state index contributed by atoms with van der Waals surface area (Å²) in [5.74, 6) is 1.04. The van der Waals surface area contributed by atoms with Crippen LogP contribution in [0.5, 0.6) is 0 Å². The van der Waals surface area contributed by atoms with Gasteiger partial charge in [0.2, 0.25) is 10.0 Å². The molecule has 0 spiro atoms. The lowest BCUT2D eigenvalue weighted by molar-refractivity contribution is 0.599. The molecule has 8 heteroatoms. The molecule has 0 fully saturated rings. The normalized spacial score (nSPS) is 13.1. The Kier molecular flexibility index (Phi) is 5.26. The second-order valence-electron chi connectivity index (χ2n) is 4.40. The first kappa shape index (κ1) is 16.3. The quantitative estimate of drug-likeness (QED) is 0.787. The van der Waals surface area contributed by atoms with Crippen molar-refractivity contribution in [3.8, 4) is 0 Å². The molecule has 2 aromatic rings. The molecule has 1 aromatic carbocycles. The van der Waals surface area contributed by atoms with E-state index in [0.717, 1.165) is 22.7 Å². The highest BCUT2D eigenvalue weighted by Gasteiger charge is 2.14. The van der Waals surface area contributed by atoms with E-state index in [9.17, 15) is 8.42 Å².